The zero-order valence-corrected chi connectivity index (χ0v) is 13.5. The van der Waals surface area contributed by atoms with Crippen molar-refractivity contribution in [3.05, 3.63) is 29.8 Å². The van der Waals surface area contributed by atoms with Crippen LogP contribution in [0.1, 0.15) is 37.7 Å². The summed E-state index contributed by atoms with van der Waals surface area (Å²) in [5, 5.41) is 3.63. The second kappa shape index (κ2) is 6.69. The molecule has 4 nitrogen and oxygen atoms in total. The van der Waals surface area contributed by atoms with Crippen LogP contribution < -0.4 is 10.1 Å². The average Bonchev–Trinajstić information content (AvgIpc) is 2.90. The number of ether oxygens (including phenoxy) is 1. The summed E-state index contributed by atoms with van der Waals surface area (Å²) in [7, 11) is 3.64. The molecule has 120 valence electrons. The van der Waals surface area contributed by atoms with Gasteiger partial charge in [-0.25, -0.2) is 0 Å². The minimum Gasteiger partial charge on any atom is -0.497 e. The molecule has 4 heteroatoms. The van der Waals surface area contributed by atoms with Crippen LogP contribution in [-0.2, 0) is 11.2 Å². The van der Waals surface area contributed by atoms with Gasteiger partial charge in [0.2, 0.25) is 5.91 Å². The van der Waals surface area contributed by atoms with Gasteiger partial charge in [-0.3, -0.25) is 4.79 Å². The maximum Gasteiger partial charge on any atom is 0.222 e. The van der Waals surface area contributed by atoms with Gasteiger partial charge in [0.1, 0.15) is 5.75 Å². The van der Waals surface area contributed by atoms with Crippen molar-refractivity contribution in [2.24, 2.45) is 0 Å². The lowest BCUT2D eigenvalue weighted by Gasteiger charge is -2.35. The van der Waals surface area contributed by atoms with Crippen molar-refractivity contribution in [2.45, 2.75) is 56.7 Å². The summed E-state index contributed by atoms with van der Waals surface area (Å²) in [5.41, 5.74) is 1.19. The maximum absolute atomic E-state index is 12.5. The van der Waals surface area contributed by atoms with Gasteiger partial charge in [0.25, 0.3) is 0 Å². The summed E-state index contributed by atoms with van der Waals surface area (Å²) in [5.74, 6) is 1.12. The normalized spacial score (nSPS) is 26.7. The summed E-state index contributed by atoms with van der Waals surface area (Å²) in [6, 6.07) is 9.65. The average molecular weight is 302 g/mol. The first-order valence-corrected chi connectivity index (χ1v) is 8.30. The Kier molecular flexibility index (Phi) is 4.67. The molecule has 2 fully saturated rings. The zero-order valence-electron chi connectivity index (χ0n) is 13.5. The van der Waals surface area contributed by atoms with E-state index >= 15 is 0 Å². The van der Waals surface area contributed by atoms with Gasteiger partial charge in [-0.1, -0.05) is 12.1 Å². The lowest BCUT2D eigenvalue weighted by molar-refractivity contribution is -0.132. The standard InChI is InChI=1S/C18H26N2O2/c1-20(16-11-14-6-7-15(12-16)19-14)18(21)10-5-13-3-8-17(22-2)9-4-13/h3-4,8-9,14-16,19H,5-7,10-12H2,1-2H3. The van der Waals surface area contributed by atoms with Crippen LogP contribution in [0.2, 0.25) is 0 Å². The maximum atomic E-state index is 12.5. The van der Waals surface area contributed by atoms with Crippen molar-refractivity contribution >= 4 is 5.91 Å². The van der Waals surface area contributed by atoms with E-state index in [0.29, 0.717) is 24.5 Å². The third-order valence-electron chi connectivity index (χ3n) is 5.18. The van der Waals surface area contributed by atoms with E-state index in [2.05, 4.69) is 5.32 Å². The summed E-state index contributed by atoms with van der Waals surface area (Å²) in [6.07, 6.45) is 6.15. The third-order valence-corrected chi connectivity index (χ3v) is 5.18. The monoisotopic (exact) mass is 302 g/mol. The number of methoxy groups -OCH3 is 1. The molecule has 0 radical (unpaired) electrons. The van der Waals surface area contributed by atoms with Crippen LogP contribution in [0.4, 0.5) is 0 Å². The number of carbonyl (C=O) groups is 1. The SMILES string of the molecule is COc1ccc(CCC(=O)N(C)C2CC3CCC(C2)N3)cc1. The van der Waals surface area contributed by atoms with E-state index in [-0.39, 0.29) is 5.91 Å². The molecule has 1 aromatic carbocycles. The van der Waals surface area contributed by atoms with E-state index in [0.717, 1.165) is 25.0 Å². The van der Waals surface area contributed by atoms with Crippen LogP contribution in [0.5, 0.6) is 5.75 Å². The molecule has 2 bridgehead atoms. The second-order valence-corrected chi connectivity index (χ2v) is 6.62. The fourth-order valence-electron chi connectivity index (χ4n) is 3.77. The van der Waals surface area contributed by atoms with E-state index in [1.165, 1.54) is 18.4 Å². The van der Waals surface area contributed by atoms with Gasteiger partial charge in [-0.15, -0.1) is 0 Å². The highest BCUT2D eigenvalue weighted by Crippen LogP contribution is 2.29. The molecule has 3 rings (SSSR count). The summed E-state index contributed by atoms with van der Waals surface area (Å²) >= 11 is 0. The first kappa shape index (κ1) is 15.3. The number of piperidine rings is 1. The Morgan fingerprint density at radius 2 is 1.86 bits per heavy atom. The predicted molar refractivity (Wildman–Crippen MR) is 87.1 cm³/mol. The molecule has 2 unspecified atom stereocenters. The van der Waals surface area contributed by atoms with Crippen LogP contribution in [-0.4, -0.2) is 43.1 Å². The van der Waals surface area contributed by atoms with Gasteiger partial charge in [-0.05, 0) is 49.8 Å². The van der Waals surface area contributed by atoms with Crippen molar-refractivity contribution in [3.63, 3.8) is 0 Å². The van der Waals surface area contributed by atoms with E-state index in [1.807, 2.05) is 36.2 Å². The topological polar surface area (TPSA) is 41.6 Å². The lowest BCUT2D eigenvalue weighted by Crippen LogP contribution is -2.48. The molecule has 0 aromatic heterocycles. The fraction of sp³-hybridized carbons (Fsp3) is 0.611. The first-order valence-electron chi connectivity index (χ1n) is 8.30. The molecule has 2 heterocycles. The van der Waals surface area contributed by atoms with Crippen LogP contribution in [0.3, 0.4) is 0 Å². The molecule has 2 aliphatic heterocycles. The van der Waals surface area contributed by atoms with Crippen LogP contribution in [0, 0.1) is 0 Å². The van der Waals surface area contributed by atoms with Crippen molar-refractivity contribution < 1.29 is 9.53 Å². The molecule has 0 saturated carbocycles. The van der Waals surface area contributed by atoms with Crippen molar-refractivity contribution in [1.82, 2.24) is 10.2 Å². The smallest absolute Gasteiger partial charge is 0.222 e. The van der Waals surface area contributed by atoms with E-state index < -0.39 is 0 Å². The number of aryl methyl sites for hydroxylation is 1. The van der Waals surface area contributed by atoms with Crippen LogP contribution in [0.15, 0.2) is 24.3 Å². The van der Waals surface area contributed by atoms with Gasteiger partial charge in [-0.2, -0.15) is 0 Å². The minimum absolute atomic E-state index is 0.266. The van der Waals surface area contributed by atoms with Crippen LogP contribution in [0.25, 0.3) is 0 Å². The van der Waals surface area contributed by atoms with Gasteiger partial charge >= 0.3 is 0 Å². The largest absolute Gasteiger partial charge is 0.497 e. The Morgan fingerprint density at radius 1 is 1.23 bits per heavy atom. The molecule has 2 aliphatic rings. The highest BCUT2D eigenvalue weighted by atomic mass is 16.5. The number of hydrogen-bond acceptors (Lipinski definition) is 3. The van der Waals surface area contributed by atoms with E-state index in [1.54, 1.807) is 7.11 Å². The Morgan fingerprint density at radius 3 is 2.45 bits per heavy atom. The van der Waals surface area contributed by atoms with E-state index in [9.17, 15) is 4.79 Å². The lowest BCUT2D eigenvalue weighted by atomic mass is 9.98. The molecule has 1 amide bonds. The van der Waals surface area contributed by atoms with Crippen molar-refractivity contribution in [1.29, 1.82) is 0 Å². The van der Waals surface area contributed by atoms with Crippen molar-refractivity contribution in [2.75, 3.05) is 14.2 Å². The number of nitrogens with one attached hydrogen (secondary N) is 1. The highest BCUT2D eigenvalue weighted by Gasteiger charge is 2.36. The highest BCUT2D eigenvalue weighted by molar-refractivity contribution is 5.76. The number of amides is 1. The molecule has 1 N–H and O–H groups in total. The fourth-order valence-corrected chi connectivity index (χ4v) is 3.77. The number of benzene rings is 1. The summed E-state index contributed by atoms with van der Waals surface area (Å²) < 4.78 is 5.16. The Hall–Kier alpha value is -1.55. The van der Waals surface area contributed by atoms with Crippen molar-refractivity contribution in [3.8, 4) is 5.75 Å². The number of fused-ring (bicyclic) bond motifs is 2. The molecule has 2 saturated heterocycles. The predicted octanol–water partition coefficient (Wildman–Crippen LogP) is 2.37. The third kappa shape index (κ3) is 3.43. The Bertz CT molecular complexity index is 502. The molecular weight excluding hydrogens is 276 g/mol. The number of nitrogens with zero attached hydrogens (tertiary/aromatic N) is 1. The molecule has 0 spiro atoms. The van der Waals surface area contributed by atoms with Gasteiger partial charge < -0.3 is 15.0 Å². The number of rotatable bonds is 5. The molecule has 2 atom stereocenters. The van der Waals surface area contributed by atoms with Gasteiger partial charge in [0, 0.05) is 31.6 Å². The second-order valence-electron chi connectivity index (χ2n) is 6.62. The molecular formula is C18H26N2O2. The zero-order chi connectivity index (χ0) is 15.5. The van der Waals surface area contributed by atoms with Crippen LogP contribution >= 0.6 is 0 Å². The molecule has 0 aliphatic carbocycles. The summed E-state index contributed by atoms with van der Waals surface area (Å²) in [6.45, 7) is 0. The minimum atomic E-state index is 0.266. The quantitative estimate of drug-likeness (QED) is 0.908. The molecule has 1 aromatic rings. The molecule has 22 heavy (non-hydrogen) atoms. The first-order chi connectivity index (χ1) is 10.7. The summed E-state index contributed by atoms with van der Waals surface area (Å²) in [4.78, 5) is 14.4. The Labute approximate surface area is 132 Å². The van der Waals surface area contributed by atoms with Gasteiger partial charge in [0.05, 0.1) is 7.11 Å². The van der Waals surface area contributed by atoms with Gasteiger partial charge in [0.15, 0.2) is 0 Å². The Balaban J connectivity index is 1.50. The number of carbonyl (C=O) groups excluding carboxylic acids is 1. The van der Waals surface area contributed by atoms with E-state index in [4.69, 9.17) is 4.74 Å². The number of hydrogen-bond donors (Lipinski definition) is 1.